The van der Waals surface area contributed by atoms with E-state index in [2.05, 4.69) is 64.0 Å². The molecule has 2 aliphatic heterocycles. The number of carbonyl (C=O) groups is 4. The Balaban J connectivity index is 0.000000233. The number of amides is 6. The Morgan fingerprint density at radius 1 is 0.540 bits per heavy atom. The van der Waals surface area contributed by atoms with E-state index < -0.39 is 29.7 Å². The SMILES string of the molecule is COc1cc2ncnc(Nc3ccc(F)c(Cl)c3)c2cc1OCCC[N+]1(Cc2ccc(NC(=O)[C@@H](C)CCCNC(N)=O)cc2)CCOCC1.COc1cc2ncnc(Nc3ccc(F)c(Cl)c3)c2cc1OCCC[N+]1(Cc2ccc(NC(=O)[C@@H](N)CCCNC(N)=O)cc2)CCOCC1. The molecule has 12 N–H and O–H groups in total. The first kappa shape index (κ1) is 74.7. The summed E-state index contributed by atoms with van der Waals surface area (Å²) in [6, 6.07) is 30.0. The number of anilines is 6. The van der Waals surface area contributed by atoms with Crippen molar-refractivity contribution in [1.29, 1.82) is 0 Å². The average Bonchev–Trinajstić information content (AvgIpc) is 0.787. The van der Waals surface area contributed by atoms with Gasteiger partial charge in [-0.05, 0) is 98.5 Å². The molecule has 2 aliphatic rings. The fraction of sp³-hybridized carbons (Fsp3) is 0.380. The van der Waals surface area contributed by atoms with Crippen molar-refractivity contribution in [3.63, 3.8) is 0 Å². The van der Waals surface area contributed by atoms with Gasteiger partial charge in [0.2, 0.25) is 11.8 Å². The molecule has 2 aromatic heterocycles. The molecule has 2 saturated heterocycles. The fourth-order valence-electron chi connectivity index (χ4n) is 11.9. The number of halogens is 4. The van der Waals surface area contributed by atoms with Crippen molar-refractivity contribution in [2.45, 2.75) is 64.6 Å². The van der Waals surface area contributed by atoms with Crippen LogP contribution in [0.3, 0.4) is 0 Å². The van der Waals surface area contributed by atoms with Crippen LogP contribution in [0.2, 0.25) is 10.0 Å². The number of fused-ring (bicyclic) bond motifs is 2. The second-order valence-corrected chi connectivity index (χ2v) is 25.5. The monoisotopic (exact) mass is 1420 g/mol. The first-order chi connectivity index (χ1) is 48.3. The molecule has 0 bridgehead atoms. The van der Waals surface area contributed by atoms with Crippen LogP contribution in [-0.4, -0.2) is 165 Å². The van der Waals surface area contributed by atoms with Crippen LogP contribution < -0.4 is 68.0 Å². The van der Waals surface area contributed by atoms with Crippen LogP contribution in [-0.2, 0) is 32.2 Å². The molecule has 0 saturated carbocycles. The molecule has 100 heavy (non-hydrogen) atoms. The Morgan fingerprint density at radius 3 is 1.36 bits per heavy atom. The van der Waals surface area contributed by atoms with Crippen molar-refractivity contribution in [3.05, 3.63) is 155 Å². The lowest BCUT2D eigenvalue weighted by Crippen LogP contribution is -2.55. The minimum atomic E-state index is -0.698. The summed E-state index contributed by atoms with van der Waals surface area (Å²) in [6.45, 7) is 13.3. The predicted molar refractivity (Wildman–Crippen MR) is 381 cm³/mol. The van der Waals surface area contributed by atoms with Gasteiger partial charge in [0.15, 0.2) is 23.0 Å². The van der Waals surface area contributed by atoms with E-state index in [-0.39, 0.29) is 27.8 Å². The zero-order chi connectivity index (χ0) is 71.0. The Labute approximate surface area is 589 Å². The second kappa shape index (κ2) is 36.6. The Hall–Kier alpha value is -9.48. The van der Waals surface area contributed by atoms with Gasteiger partial charge in [-0.2, -0.15) is 0 Å². The second-order valence-electron chi connectivity index (χ2n) is 24.7. The molecule has 532 valence electrons. The Kier molecular flexibility index (Phi) is 27.3. The number of hydrogen-bond acceptors (Lipinski definition) is 17. The summed E-state index contributed by atoms with van der Waals surface area (Å²) >= 11 is 12.0. The maximum atomic E-state index is 13.7. The van der Waals surface area contributed by atoms with Gasteiger partial charge in [0, 0.05) is 88.6 Å². The zero-order valence-corrected chi connectivity index (χ0v) is 57.8. The van der Waals surface area contributed by atoms with Crippen molar-refractivity contribution in [1.82, 2.24) is 30.6 Å². The van der Waals surface area contributed by atoms with Crippen LogP contribution in [0.1, 0.15) is 56.6 Å². The van der Waals surface area contributed by atoms with Crippen molar-refractivity contribution >= 4 is 103 Å². The zero-order valence-electron chi connectivity index (χ0n) is 56.3. The van der Waals surface area contributed by atoms with Crippen molar-refractivity contribution in [2.24, 2.45) is 23.1 Å². The van der Waals surface area contributed by atoms with Gasteiger partial charge in [-0.1, -0.05) is 54.4 Å². The Bertz CT molecular complexity index is 3810. The van der Waals surface area contributed by atoms with E-state index in [1.165, 1.54) is 42.5 Å². The minimum absolute atomic E-state index is 0.00594. The number of quaternary nitrogens is 2. The molecule has 0 unspecified atom stereocenters. The third-order valence-corrected chi connectivity index (χ3v) is 18.1. The molecule has 0 aliphatic carbocycles. The molecule has 2 fully saturated rings. The van der Waals surface area contributed by atoms with Gasteiger partial charge in [-0.15, -0.1) is 0 Å². The van der Waals surface area contributed by atoms with Crippen LogP contribution in [0.15, 0.2) is 122 Å². The van der Waals surface area contributed by atoms with Gasteiger partial charge in [-0.3, -0.25) is 9.59 Å². The highest BCUT2D eigenvalue weighted by Gasteiger charge is 2.32. The minimum Gasteiger partial charge on any atom is -0.493 e. The highest BCUT2D eigenvalue weighted by atomic mass is 35.5. The quantitative estimate of drug-likeness (QED) is 0.0140. The molecular formula is C71H87Cl2F2N15O10+2. The van der Waals surface area contributed by atoms with E-state index in [0.717, 1.165) is 85.4 Å². The van der Waals surface area contributed by atoms with Crippen LogP contribution in [0, 0.1) is 17.6 Å². The smallest absolute Gasteiger partial charge is 0.312 e. The van der Waals surface area contributed by atoms with Crippen LogP contribution in [0.25, 0.3) is 21.8 Å². The van der Waals surface area contributed by atoms with Gasteiger partial charge in [0.05, 0.1) is 94.1 Å². The summed E-state index contributed by atoms with van der Waals surface area (Å²) in [5.74, 6) is 1.74. The highest BCUT2D eigenvalue weighted by Crippen LogP contribution is 2.38. The topological polar surface area (TPSA) is 325 Å². The number of nitrogens with zero attached hydrogens (tertiary/aromatic N) is 6. The average molecular weight is 1420 g/mol. The number of aromatic nitrogens is 4. The highest BCUT2D eigenvalue weighted by molar-refractivity contribution is 6.31. The molecule has 6 aromatic carbocycles. The molecule has 6 amide bonds. The molecule has 25 nitrogen and oxygen atoms in total. The number of nitrogens with one attached hydrogen (secondary N) is 6. The number of primary amides is 2. The summed E-state index contributed by atoms with van der Waals surface area (Å²) < 4.78 is 64.4. The van der Waals surface area contributed by atoms with E-state index in [1.54, 1.807) is 32.4 Å². The molecule has 4 heterocycles. The largest absolute Gasteiger partial charge is 0.493 e. The number of morpholine rings is 2. The van der Waals surface area contributed by atoms with Crippen LogP contribution in [0.4, 0.5) is 52.8 Å². The summed E-state index contributed by atoms with van der Waals surface area (Å²) in [7, 11) is 3.17. The molecule has 0 spiro atoms. The summed E-state index contributed by atoms with van der Waals surface area (Å²) in [5.41, 5.74) is 22.4. The number of carbonyl (C=O) groups excluding carboxylic acids is 4. The van der Waals surface area contributed by atoms with Crippen molar-refractivity contribution < 1.29 is 65.3 Å². The van der Waals surface area contributed by atoms with E-state index in [9.17, 15) is 28.0 Å². The van der Waals surface area contributed by atoms with Gasteiger partial charge in [0.1, 0.15) is 75.2 Å². The lowest BCUT2D eigenvalue weighted by atomic mass is 10.0. The van der Waals surface area contributed by atoms with E-state index in [4.69, 9.17) is 68.8 Å². The van der Waals surface area contributed by atoms with E-state index >= 15 is 0 Å². The summed E-state index contributed by atoms with van der Waals surface area (Å²) in [4.78, 5) is 64.4. The number of hydrogen-bond donors (Lipinski definition) is 9. The Morgan fingerprint density at radius 2 is 0.950 bits per heavy atom. The predicted octanol–water partition coefficient (Wildman–Crippen LogP) is 10.7. The van der Waals surface area contributed by atoms with E-state index in [1.807, 2.05) is 61.5 Å². The fourth-order valence-corrected chi connectivity index (χ4v) is 12.3. The van der Waals surface area contributed by atoms with Gasteiger partial charge >= 0.3 is 12.1 Å². The number of methoxy groups -OCH3 is 2. The number of rotatable bonds is 32. The molecule has 0 radical (unpaired) electrons. The summed E-state index contributed by atoms with van der Waals surface area (Å²) in [6.07, 6.45) is 6.75. The number of nitrogens with two attached hydrogens (primary N) is 3. The normalized spacial score (nSPS) is 14.5. The maximum absolute atomic E-state index is 13.7. The summed E-state index contributed by atoms with van der Waals surface area (Å²) in [5, 5.41) is 18.7. The standard InChI is InChI=1S/C36H43ClFN7O5.C35H42ClFN8O5/c1-24(5-3-12-40-36(39)47)35(46)44-26-8-6-25(7-9-26)22-45(14-17-49-18-15-45)13-4-16-50-33-20-28-31(21-32(33)48-2)41-23-42-34(28)43-27-10-11-30(38)29(37)19-27;1-48-31-20-30-26(33(42-22-41-30)43-25-9-10-28(37)27(36)18-25)19-32(31)50-15-3-12-45(13-16-49-17-14-45)21-23-5-7-24(8-6-23)44-34(46)29(38)4-2-11-40-35(39)47/h6-11,19-21,23-24H,3-5,12-18,22H2,1-2H3,(H4-,39,40,41,42,43,44,46,47);5-10,18-20,22,29H,2-4,11-17,21,38H2,1H3,(H4-,39,40,41,42,43,44,46,47)/p+2/t24-;29-/m00/s1. The van der Waals surface area contributed by atoms with Crippen LogP contribution >= 0.6 is 23.2 Å². The third-order valence-electron chi connectivity index (χ3n) is 17.5. The molecule has 2 atom stereocenters. The van der Waals surface area contributed by atoms with Gasteiger partial charge in [-0.25, -0.2) is 38.3 Å². The van der Waals surface area contributed by atoms with Crippen molar-refractivity contribution in [3.8, 4) is 23.0 Å². The first-order valence-corrected chi connectivity index (χ1v) is 33.9. The number of urea groups is 2. The van der Waals surface area contributed by atoms with Gasteiger partial charge in [0.25, 0.3) is 0 Å². The molecule has 10 rings (SSSR count). The lowest BCUT2D eigenvalue weighted by molar-refractivity contribution is -0.947. The molecule has 29 heteroatoms. The first-order valence-electron chi connectivity index (χ1n) is 33.1. The maximum Gasteiger partial charge on any atom is 0.312 e. The molecular weight excluding hydrogens is 1330 g/mol. The lowest BCUT2D eigenvalue weighted by Gasteiger charge is -2.41. The van der Waals surface area contributed by atoms with Gasteiger partial charge < -0.3 is 86.5 Å². The van der Waals surface area contributed by atoms with Crippen LogP contribution in [0.5, 0.6) is 23.0 Å². The number of ether oxygens (including phenoxy) is 6. The van der Waals surface area contributed by atoms with Crippen molar-refractivity contribution in [2.75, 3.05) is 127 Å². The third kappa shape index (κ3) is 21.8. The number of benzene rings is 6. The molecule has 8 aromatic rings. The van der Waals surface area contributed by atoms with E-state index in [0.29, 0.717) is 152 Å².